The fourth-order valence-electron chi connectivity index (χ4n) is 5.17. The average molecular weight is 477 g/mol. The van der Waals surface area contributed by atoms with Gasteiger partial charge >= 0.3 is 5.97 Å². The molecule has 8 nitrogen and oxygen atoms in total. The summed E-state index contributed by atoms with van der Waals surface area (Å²) < 4.78 is 27.3. The Hall–Kier alpha value is -3.90. The first-order chi connectivity index (χ1) is 16.7. The van der Waals surface area contributed by atoms with Crippen LogP contribution in [0.3, 0.4) is 0 Å². The lowest BCUT2D eigenvalue weighted by atomic mass is 9.79. The van der Waals surface area contributed by atoms with E-state index in [9.17, 15) is 19.6 Å². The van der Waals surface area contributed by atoms with Gasteiger partial charge in [-0.15, -0.1) is 0 Å². The number of halogens is 1. The molecule has 0 amide bonds. The van der Waals surface area contributed by atoms with Crippen molar-refractivity contribution in [2.45, 2.75) is 44.1 Å². The van der Waals surface area contributed by atoms with Crippen LogP contribution in [-0.2, 0) is 14.9 Å². The van der Waals surface area contributed by atoms with E-state index in [0.29, 0.717) is 12.1 Å². The Morgan fingerprint density at radius 1 is 1.40 bits per heavy atom. The van der Waals surface area contributed by atoms with E-state index in [1.165, 1.54) is 13.2 Å². The molecule has 5 rings (SSSR count). The molecule has 180 valence electrons. The van der Waals surface area contributed by atoms with Crippen LogP contribution in [0.25, 0.3) is 27.5 Å². The number of rotatable bonds is 6. The lowest BCUT2D eigenvalue weighted by Gasteiger charge is -2.28. The third-order valence-corrected chi connectivity index (χ3v) is 6.80. The van der Waals surface area contributed by atoms with Gasteiger partial charge < -0.3 is 19.1 Å². The molecule has 1 saturated heterocycles. The summed E-state index contributed by atoms with van der Waals surface area (Å²) in [7, 11) is 1.42. The number of hydrogen-bond acceptors (Lipinski definition) is 5. The van der Waals surface area contributed by atoms with Crippen molar-refractivity contribution in [2.24, 2.45) is 0 Å². The van der Waals surface area contributed by atoms with Gasteiger partial charge in [-0.25, -0.2) is 9.18 Å². The topological polar surface area (TPSA) is 113 Å². The minimum Gasteiger partial charge on any atom is -0.494 e. The molecular formula is C26H25FN4O4. The lowest BCUT2D eigenvalue weighted by molar-refractivity contribution is -0.147. The quantitative estimate of drug-likeness (QED) is 0.413. The maximum atomic E-state index is 14.3. The zero-order valence-electron chi connectivity index (χ0n) is 19.6. The number of methoxy groups -OCH3 is 1. The van der Waals surface area contributed by atoms with Crippen LogP contribution in [0.5, 0.6) is 5.75 Å². The second kappa shape index (κ2) is 8.40. The van der Waals surface area contributed by atoms with Crippen LogP contribution >= 0.6 is 0 Å². The van der Waals surface area contributed by atoms with E-state index in [1.807, 2.05) is 30.5 Å². The van der Waals surface area contributed by atoms with E-state index in [0.717, 1.165) is 33.1 Å². The highest BCUT2D eigenvalue weighted by molar-refractivity contribution is 5.99. The number of nitrogens with zero attached hydrogens (tertiary/aromatic N) is 3. The van der Waals surface area contributed by atoms with Gasteiger partial charge in [-0.1, -0.05) is 13.8 Å². The summed E-state index contributed by atoms with van der Waals surface area (Å²) >= 11 is 0. The Balaban J connectivity index is 1.89. The standard InChI is InChI=1S/C26H25FN4O4/c1-26(2,6-7-28)24-23(15-9-22(25(32)33)35-13-15)17-11-19-14(12-29-30-19)8-20(17)31(24)16-4-5-18(27)21(10-16)34-3/h4-5,8,10-12,15,22H,6,9,13H2,1-3H3,(H,29,30)(H,32,33)/t15-,22?/m0/s1. The third kappa shape index (κ3) is 3.70. The number of aromatic nitrogens is 3. The first-order valence-corrected chi connectivity index (χ1v) is 11.3. The van der Waals surface area contributed by atoms with Gasteiger partial charge in [0.05, 0.1) is 37.0 Å². The molecule has 4 aromatic rings. The average Bonchev–Trinajstić information content (AvgIpc) is 3.54. The molecule has 1 aliphatic heterocycles. The second-order valence-corrected chi connectivity index (χ2v) is 9.55. The van der Waals surface area contributed by atoms with Gasteiger partial charge in [0, 0.05) is 46.0 Å². The fraction of sp³-hybridized carbons (Fsp3) is 0.346. The third-order valence-electron chi connectivity index (χ3n) is 6.80. The molecule has 1 aliphatic rings. The number of aromatic amines is 1. The number of carboxylic acids is 1. The predicted molar refractivity (Wildman–Crippen MR) is 127 cm³/mol. The molecule has 0 radical (unpaired) electrons. The Labute approximate surface area is 200 Å². The SMILES string of the molecule is COc1cc(-n2c(C(C)(C)CC#N)c([C@@H]3COC(C(=O)O)C3)c3cc4[nH]ncc4cc32)ccc1F. The van der Waals surface area contributed by atoms with Crippen molar-refractivity contribution in [1.29, 1.82) is 5.26 Å². The molecule has 0 bridgehead atoms. The highest BCUT2D eigenvalue weighted by Crippen LogP contribution is 2.46. The minimum atomic E-state index is -0.992. The van der Waals surface area contributed by atoms with E-state index in [1.54, 1.807) is 18.3 Å². The van der Waals surface area contributed by atoms with E-state index in [2.05, 4.69) is 16.3 Å². The number of carboxylic acid groups (broad SMARTS) is 1. The summed E-state index contributed by atoms with van der Waals surface area (Å²) in [5, 5.41) is 28.2. The number of carbonyl (C=O) groups is 1. The second-order valence-electron chi connectivity index (χ2n) is 9.55. The van der Waals surface area contributed by atoms with Crippen LogP contribution in [0.15, 0.2) is 36.5 Å². The Kier molecular flexibility index (Phi) is 5.49. The molecule has 2 aromatic heterocycles. The molecule has 2 N–H and O–H groups in total. The molecule has 0 saturated carbocycles. The zero-order chi connectivity index (χ0) is 24.9. The van der Waals surface area contributed by atoms with Crippen molar-refractivity contribution in [1.82, 2.24) is 14.8 Å². The molecule has 1 unspecified atom stereocenters. The molecular weight excluding hydrogens is 451 g/mol. The van der Waals surface area contributed by atoms with Crippen molar-refractivity contribution in [3.63, 3.8) is 0 Å². The molecule has 35 heavy (non-hydrogen) atoms. The predicted octanol–water partition coefficient (Wildman–Crippen LogP) is 4.80. The van der Waals surface area contributed by atoms with Crippen LogP contribution < -0.4 is 4.74 Å². The highest BCUT2D eigenvalue weighted by Gasteiger charge is 2.39. The maximum absolute atomic E-state index is 14.3. The van der Waals surface area contributed by atoms with Crippen molar-refractivity contribution in [3.8, 4) is 17.5 Å². The maximum Gasteiger partial charge on any atom is 0.332 e. The number of hydrogen-bond donors (Lipinski definition) is 2. The smallest absolute Gasteiger partial charge is 0.332 e. The van der Waals surface area contributed by atoms with Gasteiger partial charge in [-0.05, 0) is 36.2 Å². The molecule has 2 atom stereocenters. The highest BCUT2D eigenvalue weighted by atomic mass is 19.1. The molecule has 9 heteroatoms. The fourth-order valence-corrected chi connectivity index (χ4v) is 5.17. The van der Waals surface area contributed by atoms with Crippen molar-refractivity contribution in [2.75, 3.05) is 13.7 Å². The van der Waals surface area contributed by atoms with Crippen LogP contribution in [0.1, 0.15) is 43.9 Å². The van der Waals surface area contributed by atoms with Gasteiger partial charge in [0.1, 0.15) is 0 Å². The van der Waals surface area contributed by atoms with Crippen molar-refractivity contribution < 1.29 is 23.8 Å². The number of nitriles is 1. The molecule has 3 heterocycles. The first kappa shape index (κ1) is 22.9. The Morgan fingerprint density at radius 3 is 2.89 bits per heavy atom. The van der Waals surface area contributed by atoms with E-state index in [4.69, 9.17) is 9.47 Å². The first-order valence-electron chi connectivity index (χ1n) is 11.3. The summed E-state index contributed by atoms with van der Waals surface area (Å²) in [6, 6.07) is 11.0. The summed E-state index contributed by atoms with van der Waals surface area (Å²) in [5.74, 6) is -1.56. The number of benzene rings is 2. The summed E-state index contributed by atoms with van der Waals surface area (Å²) in [6.45, 7) is 4.23. The molecule has 0 aliphatic carbocycles. The number of fused-ring (bicyclic) bond motifs is 2. The number of H-pyrrole nitrogens is 1. The normalized spacial score (nSPS) is 18.3. The van der Waals surface area contributed by atoms with Gasteiger partial charge in [0.2, 0.25) is 0 Å². The number of nitrogens with one attached hydrogen (secondary N) is 1. The van der Waals surface area contributed by atoms with E-state index in [-0.39, 0.29) is 24.7 Å². The van der Waals surface area contributed by atoms with Crippen LogP contribution in [0.4, 0.5) is 4.39 Å². The Morgan fingerprint density at radius 2 is 2.20 bits per heavy atom. The van der Waals surface area contributed by atoms with E-state index >= 15 is 0 Å². The number of aliphatic carboxylic acids is 1. The monoisotopic (exact) mass is 476 g/mol. The van der Waals surface area contributed by atoms with Gasteiger partial charge in [-0.3, -0.25) is 5.10 Å². The van der Waals surface area contributed by atoms with E-state index < -0.39 is 23.3 Å². The van der Waals surface area contributed by atoms with Gasteiger partial charge in [-0.2, -0.15) is 10.4 Å². The lowest BCUT2D eigenvalue weighted by Crippen LogP contribution is -2.24. The van der Waals surface area contributed by atoms with Crippen molar-refractivity contribution >= 4 is 27.8 Å². The summed E-state index contributed by atoms with van der Waals surface area (Å²) in [6.07, 6.45) is 1.38. The van der Waals surface area contributed by atoms with Gasteiger partial charge in [0.15, 0.2) is 17.7 Å². The summed E-state index contributed by atoms with van der Waals surface area (Å²) in [5.41, 5.74) is 3.55. The Bertz CT molecular complexity index is 1500. The minimum absolute atomic E-state index is 0.106. The van der Waals surface area contributed by atoms with Crippen LogP contribution in [0, 0.1) is 17.1 Å². The number of ether oxygens (including phenoxy) is 2. The van der Waals surface area contributed by atoms with Gasteiger partial charge in [0.25, 0.3) is 0 Å². The molecule has 2 aromatic carbocycles. The summed E-state index contributed by atoms with van der Waals surface area (Å²) in [4.78, 5) is 11.7. The van der Waals surface area contributed by atoms with Crippen molar-refractivity contribution in [3.05, 3.63) is 53.6 Å². The largest absolute Gasteiger partial charge is 0.494 e. The zero-order valence-corrected chi connectivity index (χ0v) is 19.6. The molecule has 0 spiro atoms. The van der Waals surface area contributed by atoms with Crippen LogP contribution in [0.2, 0.25) is 0 Å². The molecule has 1 fully saturated rings. The van der Waals surface area contributed by atoms with Crippen LogP contribution in [-0.4, -0.2) is 45.7 Å².